The smallest absolute Gasteiger partial charge is 0.211 e. The number of rotatable bonds is 3. The zero-order valence-corrected chi connectivity index (χ0v) is 8.78. The molecule has 0 aliphatic heterocycles. The van der Waals surface area contributed by atoms with Gasteiger partial charge in [-0.1, -0.05) is 43.2 Å². The van der Waals surface area contributed by atoms with Crippen molar-refractivity contribution in [2.24, 2.45) is 4.99 Å². The highest BCUT2D eigenvalue weighted by Crippen LogP contribution is 2.41. The SMILES string of the molecule is O=C=NCC1(c2ccccc2)CCCC1. The maximum atomic E-state index is 10.2. The lowest BCUT2D eigenvalue weighted by atomic mass is 9.79. The van der Waals surface area contributed by atoms with Crippen molar-refractivity contribution in [1.82, 2.24) is 0 Å². The summed E-state index contributed by atoms with van der Waals surface area (Å²) < 4.78 is 0. The van der Waals surface area contributed by atoms with Crippen LogP contribution in [0.4, 0.5) is 0 Å². The van der Waals surface area contributed by atoms with Crippen molar-refractivity contribution in [3.63, 3.8) is 0 Å². The van der Waals surface area contributed by atoms with Gasteiger partial charge < -0.3 is 0 Å². The maximum absolute atomic E-state index is 10.2. The Labute approximate surface area is 90.0 Å². The van der Waals surface area contributed by atoms with Crippen LogP contribution in [0, 0.1) is 0 Å². The van der Waals surface area contributed by atoms with Gasteiger partial charge in [0.25, 0.3) is 0 Å². The molecule has 0 N–H and O–H groups in total. The Kier molecular flexibility index (Phi) is 2.98. The minimum Gasteiger partial charge on any atom is -0.211 e. The first-order valence-corrected chi connectivity index (χ1v) is 5.47. The van der Waals surface area contributed by atoms with E-state index in [-0.39, 0.29) is 5.41 Å². The lowest BCUT2D eigenvalue weighted by Gasteiger charge is -2.26. The predicted molar refractivity (Wildman–Crippen MR) is 59.6 cm³/mol. The fourth-order valence-electron chi connectivity index (χ4n) is 2.57. The molecule has 1 aliphatic carbocycles. The lowest BCUT2D eigenvalue weighted by molar-refractivity contribution is 0.451. The van der Waals surface area contributed by atoms with E-state index in [1.54, 1.807) is 6.08 Å². The quantitative estimate of drug-likeness (QED) is 0.546. The summed E-state index contributed by atoms with van der Waals surface area (Å²) in [7, 11) is 0. The van der Waals surface area contributed by atoms with Gasteiger partial charge in [-0.2, -0.15) is 0 Å². The van der Waals surface area contributed by atoms with E-state index >= 15 is 0 Å². The van der Waals surface area contributed by atoms with Crippen LogP contribution in [0.25, 0.3) is 0 Å². The minimum atomic E-state index is 0.110. The van der Waals surface area contributed by atoms with Gasteiger partial charge >= 0.3 is 0 Å². The molecule has 2 nitrogen and oxygen atoms in total. The van der Waals surface area contributed by atoms with Crippen LogP contribution in [0.5, 0.6) is 0 Å². The van der Waals surface area contributed by atoms with Gasteiger partial charge in [-0.3, -0.25) is 0 Å². The van der Waals surface area contributed by atoms with E-state index in [9.17, 15) is 4.79 Å². The summed E-state index contributed by atoms with van der Waals surface area (Å²) in [4.78, 5) is 14.0. The summed E-state index contributed by atoms with van der Waals surface area (Å²) in [5.74, 6) is 0. The highest BCUT2D eigenvalue weighted by molar-refractivity contribution is 5.35. The Morgan fingerprint density at radius 2 is 1.87 bits per heavy atom. The molecule has 0 spiro atoms. The molecule has 0 radical (unpaired) electrons. The number of carbonyl (C=O) groups excluding carboxylic acids is 1. The van der Waals surface area contributed by atoms with Gasteiger partial charge in [0, 0.05) is 5.41 Å². The van der Waals surface area contributed by atoms with E-state index in [2.05, 4.69) is 29.3 Å². The minimum absolute atomic E-state index is 0.110. The van der Waals surface area contributed by atoms with Crippen molar-refractivity contribution in [1.29, 1.82) is 0 Å². The molecule has 0 heterocycles. The van der Waals surface area contributed by atoms with Crippen molar-refractivity contribution in [3.8, 4) is 0 Å². The van der Waals surface area contributed by atoms with Crippen molar-refractivity contribution in [2.75, 3.05) is 6.54 Å². The van der Waals surface area contributed by atoms with E-state index in [0.29, 0.717) is 6.54 Å². The first-order valence-electron chi connectivity index (χ1n) is 5.47. The molecule has 2 rings (SSSR count). The zero-order chi connectivity index (χ0) is 10.6. The molecular weight excluding hydrogens is 186 g/mol. The van der Waals surface area contributed by atoms with Crippen LogP contribution in [0.15, 0.2) is 35.3 Å². The monoisotopic (exact) mass is 201 g/mol. The van der Waals surface area contributed by atoms with Crippen molar-refractivity contribution >= 4 is 6.08 Å². The molecule has 0 bridgehead atoms. The summed E-state index contributed by atoms with van der Waals surface area (Å²) in [6, 6.07) is 10.4. The second-order valence-corrected chi connectivity index (χ2v) is 4.26. The highest BCUT2D eigenvalue weighted by Gasteiger charge is 2.35. The molecule has 1 aromatic rings. The topological polar surface area (TPSA) is 29.4 Å². The van der Waals surface area contributed by atoms with Gasteiger partial charge in [0.1, 0.15) is 0 Å². The van der Waals surface area contributed by atoms with Gasteiger partial charge in [-0.15, -0.1) is 0 Å². The van der Waals surface area contributed by atoms with E-state index in [4.69, 9.17) is 0 Å². The second-order valence-electron chi connectivity index (χ2n) is 4.26. The number of aliphatic imine (C=N–C) groups is 1. The molecule has 1 fully saturated rings. The van der Waals surface area contributed by atoms with E-state index in [1.807, 2.05) is 6.07 Å². The van der Waals surface area contributed by atoms with Crippen LogP contribution in [0.1, 0.15) is 31.2 Å². The average Bonchev–Trinajstić information content (AvgIpc) is 2.78. The Balaban J connectivity index is 2.30. The maximum Gasteiger partial charge on any atom is 0.234 e. The zero-order valence-electron chi connectivity index (χ0n) is 8.78. The molecule has 1 aliphatic rings. The molecule has 0 aromatic heterocycles. The molecule has 0 saturated heterocycles. The van der Waals surface area contributed by atoms with Crippen molar-refractivity contribution in [2.45, 2.75) is 31.1 Å². The van der Waals surface area contributed by atoms with Gasteiger partial charge in [-0.05, 0) is 18.4 Å². The first-order chi connectivity index (χ1) is 7.37. The summed E-state index contributed by atoms with van der Waals surface area (Å²) in [5, 5.41) is 0. The number of benzene rings is 1. The Hall–Kier alpha value is -1.40. The molecule has 78 valence electrons. The number of hydrogen-bond acceptors (Lipinski definition) is 2. The van der Waals surface area contributed by atoms with Crippen molar-refractivity contribution < 1.29 is 4.79 Å². The molecule has 0 unspecified atom stereocenters. The van der Waals surface area contributed by atoms with Gasteiger partial charge in [0.15, 0.2) is 0 Å². The standard InChI is InChI=1S/C13H15NO/c15-11-14-10-13(8-4-5-9-13)12-6-2-1-3-7-12/h1-3,6-7H,4-5,8-10H2. The molecule has 2 heteroatoms. The molecule has 0 amide bonds. The van der Waals surface area contributed by atoms with Crippen LogP contribution in [-0.4, -0.2) is 12.6 Å². The number of isocyanates is 1. The van der Waals surface area contributed by atoms with E-state index in [1.165, 1.54) is 18.4 Å². The van der Waals surface area contributed by atoms with E-state index in [0.717, 1.165) is 12.8 Å². The molecule has 1 saturated carbocycles. The molecule has 1 aromatic carbocycles. The fraction of sp³-hybridized carbons (Fsp3) is 0.462. The largest absolute Gasteiger partial charge is 0.234 e. The van der Waals surface area contributed by atoms with Crippen LogP contribution >= 0.6 is 0 Å². The summed E-state index contributed by atoms with van der Waals surface area (Å²) >= 11 is 0. The van der Waals surface area contributed by atoms with Gasteiger partial charge in [-0.25, -0.2) is 9.79 Å². The van der Waals surface area contributed by atoms with Gasteiger partial charge in [0.05, 0.1) is 6.54 Å². The Morgan fingerprint density at radius 3 is 2.47 bits per heavy atom. The summed E-state index contributed by atoms with van der Waals surface area (Å²) in [6.07, 6.45) is 6.42. The van der Waals surface area contributed by atoms with Crippen LogP contribution < -0.4 is 0 Å². The summed E-state index contributed by atoms with van der Waals surface area (Å²) in [6.45, 7) is 0.598. The van der Waals surface area contributed by atoms with Crippen LogP contribution in [0.3, 0.4) is 0 Å². The molecule has 15 heavy (non-hydrogen) atoms. The third-order valence-corrected chi connectivity index (χ3v) is 3.39. The average molecular weight is 201 g/mol. The van der Waals surface area contributed by atoms with Crippen molar-refractivity contribution in [3.05, 3.63) is 35.9 Å². The normalized spacial score (nSPS) is 18.4. The molecular formula is C13H15NO. The number of hydrogen-bond donors (Lipinski definition) is 0. The van der Waals surface area contributed by atoms with Gasteiger partial charge in [0.2, 0.25) is 6.08 Å². The Bertz CT molecular complexity index is 359. The first kappa shape index (κ1) is 10.1. The Morgan fingerprint density at radius 1 is 1.20 bits per heavy atom. The van der Waals surface area contributed by atoms with Crippen LogP contribution in [0.2, 0.25) is 0 Å². The summed E-state index contributed by atoms with van der Waals surface area (Å²) in [5.41, 5.74) is 1.43. The molecule has 0 atom stereocenters. The lowest BCUT2D eigenvalue weighted by Crippen LogP contribution is -2.25. The third-order valence-electron chi connectivity index (χ3n) is 3.39. The fourth-order valence-corrected chi connectivity index (χ4v) is 2.57. The highest BCUT2D eigenvalue weighted by atomic mass is 16.1. The van der Waals surface area contributed by atoms with E-state index < -0.39 is 0 Å². The second kappa shape index (κ2) is 4.41. The van der Waals surface area contributed by atoms with Crippen LogP contribution in [-0.2, 0) is 10.2 Å². The third kappa shape index (κ3) is 2.00. The number of nitrogens with zero attached hydrogens (tertiary/aromatic N) is 1. The predicted octanol–water partition coefficient (Wildman–Crippen LogP) is 2.83.